The van der Waals surface area contributed by atoms with Gasteiger partial charge in [0.1, 0.15) is 5.75 Å². The Hall–Kier alpha value is -2.84. The molecule has 4 rings (SSSR count). The molecule has 1 amide bonds. The van der Waals surface area contributed by atoms with Crippen molar-refractivity contribution in [3.63, 3.8) is 0 Å². The number of carbonyl (C=O) groups is 1. The number of hydrogen-bond donors (Lipinski definition) is 0. The molecule has 0 fully saturated rings. The molecule has 32 heavy (non-hydrogen) atoms. The summed E-state index contributed by atoms with van der Waals surface area (Å²) in [5.74, 6) is 0.505. The monoisotopic (exact) mass is 470 g/mol. The maximum atomic E-state index is 13.4. The molecule has 0 N–H and O–H groups in total. The van der Waals surface area contributed by atoms with E-state index in [0.717, 1.165) is 12.8 Å². The van der Waals surface area contributed by atoms with Crippen molar-refractivity contribution in [1.82, 2.24) is 4.90 Å². The number of ether oxygens (including phenoxy) is 1. The van der Waals surface area contributed by atoms with Gasteiger partial charge in [0.25, 0.3) is 15.9 Å². The Bertz CT molecular complexity index is 1220. The zero-order valence-corrected chi connectivity index (χ0v) is 19.9. The second-order valence-electron chi connectivity index (χ2n) is 7.67. The highest BCUT2D eigenvalue weighted by Gasteiger charge is 2.31. The molecule has 6 nitrogen and oxygen atoms in total. The summed E-state index contributed by atoms with van der Waals surface area (Å²) in [6.07, 6.45) is 1.64. The molecule has 2 heterocycles. The largest absolute Gasteiger partial charge is 0.497 e. The molecule has 1 aromatic heterocycles. The van der Waals surface area contributed by atoms with Gasteiger partial charge in [-0.15, -0.1) is 11.3 Å². The molecule has 1 aliphatic rings. The minimum absolute atomic E-state index is 0.0136. The van der Waals surface area contributed by atoms with Gasteiger partial charge in [-0.05, 0) is 72.3 Å². The van der Waals surface area contributed by atoms with Crippen LogP contribution >= 0.6 is 11.3 Å². The number of sulfonamides is 1. The van der Waals surface area contributed by atoms with Crippen molar-refractivity contribution in [2.45, 2.75) is 30.7 Å². The molecule has 0 saturated carbocycles. The van der Waals surface area contributed by atoms with E-state index >= 15 is 0 Å². The van der Waals surface area contributed by atoms with Crippen molar-refractivity contribution in [1.29, 1.82) is 0 Å². The average molecular weight is 471 g/mol. The molecule has 0 saturated heterocycles. The number of benzene rings is 2. The van der Waals surface area contributed by atoms with Crippen LogP contribution < -0.4 is 9.04 Å². The van der Waals surface area contributed by atoms with Gasteiger partial charge in [-0.3, -0.25) is 9.10 Å². The van der Waals surface area contributed by atoms with Gasteiger partial charge in [-0.2, -0.15) is 0 Å². The molecule has 168 valence electrons. The maximum Gasteiger partial charge on any atom is 0.264 e. The van der Waals surface area contributed by atoms with Gasteiger partial charge in [0.2, 0.25) is 0 Å². The fraction of sp³-hybridized carbons (Fsp3) is 0.292. The van der Waals surface area contributed by atoms with Crippen LogP contribution in [0, 0.1) is 0 Å². The van der Waals surface area contributed by atoms with E-state index in [1.54, 1.807) is 54.8 Å². The molecule has 1 atom stereocenters. The lowest BCUT2D eigenvalue weighted by molar-refractivity contribution is 0.0657. The first-order chi connectivity index (χ1) is 15.4. The number of anilines is 1. The summed E-state index contributed by atoms with van der Waals surface area (Å²) in [5, 5.41) is 2.07. The Morgan fingerprint density at radius 3 is 2.62 bits per heavy atom. The third-order valence-electron chi connectivity index (χ3n) is 5.92. The highest BCUT2D eigenvalue weighted by molar-refractivity contribution is 7.92. The second kappa shape index (κ2) is 8.96. The predicted octanol–water partition coefficient (Wildman–Crippen LogP) is 4.73. The molecule has 2 aromatic carbocycles. The summed E-state index contributed by atoms with van der Waals surface area (Å²) < 4.78 is 32.9. The lowest BCUT2D eigenvalue weighted by atomic mass is 9.97. The minimum Gasteiger partial charge on any atom is -0.497 e. The molecule has 0 radical (unpaired) electrons. The number of nitrogens with zero attached hydrogens (tertiary/aromatic N) is 2. The fourth-order valence-corrected chi connectivity index (χ4v) is 6.29. The highest BCUT2D eigenvalue weighted by atomic mass is 32.2. The first-order valence-electron chi connectivity index (χ1n) is 10.5. The Morgan fingerprint density at radius 1 is 1.19 bits per heavy atom. The second-order valence-corrected chi connectivity index (χ2v) is 10.6. The number of fused-ring (bicyclic) bond motifs is 1. The molecule has 0 spiro atoms. The van der Waals surface area contributed by atoms with Gasteiger partial charge >= 0.3 is 0 Å². The zero-order valence-electron chi connectivity index (χ0n) is 18.3. The summed E-state index contributed by atoms with van der Waals surface area (Å²) in [4.78, 5) is 16.7. The van der Waals surface area contributed by atoms with Crippen LogP contribution in [0.15, 0.2) is 64.9 Å². The van der Waals surface area contributed by atoms with E-state index in [4.69, 9.17) is 4.74 Å². The Balaban J connectivity index is 1.62. The van der Waals surface area contributed by atoms with E-state index < -0.39 is 10.0 Å². The summed E-state index contributed by atoms with van der Waals surface area (Å²) in [6.45, 7) is 2.70. The fourth-order valence-electron chi connectivity index (χ4n) is 4.12. The number of carbonyl (C=O) groups excluding carboxylic acids is 1. The molecular formula is C24H26N2O4S2. The van der Waals surface area contributed by atoms with Crippen LogP contribution in [0.3, 0.4) is 0 Å². The zero-order chi connectivity index (χ0) is 22.9. The van der Waals surface area contributed by atoms with Gasteiger partial charge in [0.15, 0.2) is 0 Å². The van der Waals surface area contributed by atoms with Crippen LogP contribution in [0.1, 0.15) is 40.2 Å². The van der Waals surface area contributed by atoms with E-state index in [1.807, 2.05) is 4.90 Å². The highest BCUT2D eigenvalue weighted by Crippen LogP contribution is 2.36. The summed E-state index contributed by atoms with van der Waals surface area (Å²) >= 11 is 1.73. The Labute approximate surface area is 193 Å². The number of hydrogen-bond acceptors (Lipinski definition) is 5. The van der Waals surface area contributed by atoms with Crippen molar-refractivity contribution < 1.29 is 17.9 Å². The molecular weight excluding hydrogens is 444 g/mol. The third-order valence-corrected chi connectivity index (χ3v) is 8.70. The topological polar surface area (TPSA) is 66.9 Å². The van der Waals surface area contributed by atoms with Crippen molar-refractivity contribution >= 4 is 33.0 Å². The first kappa shape index (κ1) is 22.4. The number of rotatable bonds is 6. The van der Waals surface area contributed by atoms with Crippen molar-refractivity contribution in [3.05, 3.63) is 76.0 Å². The van der Waals surface area contributed by atoms with Crippen LogP contribution in [0.25, 0.3) is 0 Å². The van der Waals surface area contributed by atoms with Gasteiger partial charge in [0, 0.05) is 24.0 Å². The molecule has 8 heteroatoms. The minimum atomic E-state index is -3.83. The van der Waals surface area contributed by atoms with E-state index in [2.05, 4.69) is 18.4 Å². The Morgan fingerprint density at radius 2 is 1.94 bits per heavy atom. The lowest BCUT2D eigenvalue weighted by Crippen LogP contribution is -2.39. The Kier molecular flexibility index (Phi) is 6.26. The van der Waals surface area contributed by atoms with Gasteiger partial charge in [-0.1, -0.05) is 13.0 Å². The van der Waals surface area contributed by atoms with Crippen LogP contribution in [-0.2, 0) is 16.4 Å². The summed E-state index contributed by atoms with van der Waals surface area (Å²) in [6, 6.07) is 15.2. The van der Waals surface area contributed by atoms with Crippen molar-refractivity contribution in [3.8, 4) is 5.75 Å². The average Bonchev–Trinajstić information content (AvgIpc) is 3.31. The molecule has 1 unspecified atom stereocenters. The van der Waals surface area contributed by atoms with Crippen LogP contribution in [0.4, 0.5) is 5.69 Å². The normalized spacial score (nSPS) is 15.8. The van der Waals surface area contributed by atoms with Crippen molar-refractivity contribution in [2.75, 3.05) is 25.0 Å². The summed E-state index contributed by atoms with van der Waals surface area (Å²) in [5.41, 5.74) is 2.10. The summed E-state index contributed by atoms with van der Waals surface area (Å²) in [7, 11) is -0.774. The molecule has 0 aliphatic carbocycles. The van der Waals surface area contributed by atoms with E-state index in [0.29, 0.717) is 23.5 Å². The van der Waals surface area contributed by atoms with Gasteiger partial charge in [0.05, 0.1) is 23.7 Å². The van der Waals surface area contributed by atoms with Crippen LogP contribution in [0.2, 0.25) is 0 Å². The molecule has 1 aliphatic heterocycles. The van der Waals surface area contributed by atoms with E-state index in [9.17, 15) is 13.2 Å². The molecule has 0 bridgehead atoms. The predicted molar refractivity (Wildman–Crippen MR) is 127 cm³/mol. The maximum absolute atomic E-state index is 13.4. The van der Waals surface area contributed by atoms with Crippen molar-refractivity contribution in [2.24, 2.45) is 0 Å². The van der Waals surface area contributed by atoms with Gasteiger partial charge in [-0.25, -0.2) is 8.42 Å². The smallest absolute Gasteiger partial charge is 0.264 e. The lowest BCUT2D eigenvalue weighted by Gasteiger charge is -2.35. The third kappa shape index (κ3) is 4.00. The van der Waals surface area contributed by atoms with E-state index in [1.165, 1.54) is 33.9 Å². The quantitative estimate of drug-likeness (QED) is 0.522. The standard InChI is InChI=1S/C24H26N2O4S2/c1-4-22-21-13-15-31-23(21)12-14-26(22)24(27)17-6-5-7-20(16-17)32(28,29)25(2)18-8-10-19(30-3)11-9-18/h5-11,13,15-16,22H,4,12,14H2,1-3H3. The first-order valence-corrected chi connectivity index (χ1v) is 12.8. The van der Waals surface area contributed by atoms with Crippen LogP contribution in [0.5, 0.6) is 5.75 Å². The van der Waals surface area contributed by atoms with Gasteiger partial charge < -0.3 is 9.64 Å². The van der Waals surface area contributed by atoms with Crippen LogP contribution in [-0.4, -0.2) is 39.9 Å². The number of thiophene rings is 1. The SMILES string of the molecule is CCC1c2ccsc2CCN1C(=O)c1cccc(S(=O)(=O)N(C)c2ccc(OC)cc2)c1. The molecule has 3 aromatic rings. The van der Waals surface area contributed by atoms with E-state index in [-0.39, 0.29) is 16.8 Å². The number of amides is 1. The number of methoxy groups -OCH3 is 1.